The van der Waals surface area contributed by atoms with Gasteiger partial charge in [0.2, 0.25) is 5.91 Å². The highest BCUT2D eigenvalue weighted by atomic mass is 19.1. The number of nitrogens with one attached hydrogen (secondary N) is 1. The second kappa shape index (κ2) is 7.38. The van der Waals surface area contributed by atoms with E-state index in [1.54, 1.807) is 24.1 Å². The molecular weight excluding hydrogens is 327 g/mol. The molecule has 1 aromatic heterocycles. The van der Waals surface area contributed by atoms with Crippen LogP contribution in [0.15, 0.2) is 40.8 Å². The molecule has 1 aromatic carbocycles. The quantitative estimate of drug-likeness (QED) is 0.902. The molecule has 2 heterocycles. The molecule has 3 rings (SSSR count). The average Bonchev–Trinajstić information content (AvgIpc) is 3.07. The number of likely N-dealkylation sites (tertiary alicyclic amines) is 1. The Morgan fingerprint density at radius 1 is 1.32 bits per heavy atom. The number of halogens is 1. The van der Waals surface area contributed by atoms with Crippen LogP contribution in [0.5, 0.6) is 5.75 Å². The van der Waals surface area contributed by atoms with Crippen LogP contribution in [0.3, 0.4) is 0 Å². The molecule has 0 bridgehead atoms. The second-order valence-corrected chi connectivity index (χ2v) is 5.99. The van der Waals surface area contributed by atoms with Crippen LogP contribution in [0.1, 0.15) is 29.2 Å². The second-order valence-electron chi connectivity index (χ2n) is 5.99. The van der Waals surface area contributed by atoms with Gasteiger partial charge in [0.1, 0.15) is 23.9 Å². The molecule has 1 unspecified atom stereocenters. The van der Waals surface area contributed by atoms with Crippen molar-refractivity contribution in [2.45, 2.75) is 25.5 Å². The van der Waals surface area contributed by atoms with Gasteiger partial charge in [0.05, 0.1) is 0 Å². The van der Waals surface area contributed by atoms with Crippen molar-refractivity contribution in [3.05, 3.63) is 53.7 Å². The lowest BCUT2D eigenvalue weighted by Gasteiger charge is -2.29. The molecule has 1 atom stereocenters. The molecule has 0 spiro atoms. The molecule has 1 aliphatic rings. The molecule has 7 heteroatoms. The maximum absolute atomic E-state index is 12.8. The number of hydrogen-bond acceptors (Lipinski definition) is 4. The Morgan fingerprint density at radius 2 is 2.08 bits per heavy atom. The fourth-order valence-corrected chi connectivity index (χ4v) is 2.65. The van der Waals surface area contributed by atoms with E-state index in [2.05, 4.69) is 5.32 Å². The van der Waals surface area contributed by atoms with E-state index in [9.17, 15) is 14.0 Å². The first-order valence-electron chi connectivity index (χ1n) is 8.03. The summed E-state index contributed by atoms with van der Waals surface area (Å²) in [5.41, 5.74) is 0. The van der Waals surface area contributed by atoms with Gasteiger partial charge in [0.25, 0.3) is 5.91 Å². The number of carbonyl (C=O) groups excluding carboxylic acids is 2. The van der Waals surface area contributed by atoms with Gasteiger partial charge in [-0.25, -0.2) is 4.39 Å². The lowest BCUT2D eigenvalue weighted by molar-refractivity contribution is -0.132. The summed E-state index contributed by atoms with van der Waals surface area (Å²) >= 11 is 0. The number of carbonyl (C=O) groups is 2. The zero-order valence-corrected chi connectivity index (χ0v) is 13.8. The molecule has 0 saturated carbocycles. The minimum absolute atomic E-state index is 0.0841. The van der Waals surface area contributed by atoms with E-state index in [0.717, 1.165) is 0 Å². The fourth-order valence-electron chi connectivity index (χ4n) is 2.65. The third-order valence-electron chi connectivity index (χ3n) is 4.04. The standard InChI is InChI=1S/C18H19FN2O4/c1-21-10-13(4-9-17(21)22)20-18(23)16-8-7-15(25-16)11-24-14-5-2-12(19)3-6-14/h2-3,5-8,13H,4,9-11H2,1H3,(H,20,23). The van der Waals surface area contributed by atoms with Gasteiger partial charge in [0, 0.05) is 26.1 Å². The highest BCUT2D eigenvalue weighted by molar-refractivity contribution is 5.91. The molecule has 6 nitrogen and oxygen atoms in total. The Hall–Kier alpha value is -2.83. The summed E-state index contributed by atoms with van der Waals surface area (Å²) in [5, 5.41) is 2.87. The van der Waals surface area contributed by atoms with Crippen LogP contribution < -0.4 is 10.1 Å². The molecule has 2 amide bonds. The van der Waals surface area contributed by atoms with E-state index in [0.29, 0.717) is 30.9 Å². The monoisotopic (exact) mass is 346 g/mol. The summed E-state index contributed by atoms with van der Waals surface area (Å²) in [5.74, 6) is 0.630. The van der Waals surface area contributed by atoms with Crippen molar-refractivity contribution in [1.82, 2.24) is 10.2 Å². The van der Waals surface area contributed by atoms with Crippen LogP contribution in [0.2, 0.25) is 0 Å². The molecular formula is C18H19FN2O4. The minimum Gasteiger partial charge on any atom is -0.486 e. The first-order chi connectivity index (χ1) is 12.0. The van der Waals surface area contributed by atoms with Gasteiger partial charge in [-0.3, -0.25) is 9.59 Å². The van der Waals surface area contributed by atoms with Gasteiger partial charge >= 0.3 is 0 Å². The van der Waals surface area contributed by atoms with Crippen molar-refractivity contribution < 1.29 is 23.1 Å². The fraction of sp³-hybridized carbons (Fsp3) is 0.333. The number of benzene rings is 1. The Kier molecular flexibility index (Phi) is 5.02. The normalized spacial score (nSPS) is 17.4. The van der Waals surface area contributed by atoms with E-state index < -0.39 is 0 Å². The van der Waals surface area contributed by atoms with Gasteiger partial charge in [-0.1, -0.05) is 0 Å². The molecule has 0 radical (unpaired) electrons. The van der Waals surface area contributed by atoms with E-state index in [1.165, 1.54) is 24.3 Å². The summed E-state index contributed by atoms with van der Waals surface area (Å²) in [6, 6.07) is 8.81. The third-order valence-corrected chi connectivity index (χ3v) is 4.04. The molecule has 2 aromatic rings. The van der Waals surface area contributed by atoms with Gasteiger partial charge < -0.3 is 19.4 Å². The average molecular weight is 346 g/mol. The van der Waals surface area contributed by atoms with Crippen molar-refractivity contribution in [3.63, 3.8) is 0 Å². The first-order valence-corrected chi connectivity index (χ1v) is 8.03. The van der Waals surface area contributed by atoms with Gasteiger partial charge in [-0.05, 0) is 42.8 Å². The SMILES string of the molecule is CN1CC(NC(=O)c2ccc(COc3ccc(F)cc3)o2)CCC1=O. The zero-order valence-electron chi connectivity index (χ0n) is 13.8. The molecule has 132 valence electrons. The third kappa shape index (κ3) is 4.37. The van der Waals surface area contributed by atoms with Crippen molar-refractivity contribution >= 4 is 11.8 Å². The smallest absolute Gasteiger partial charge is 0.287 e. The van der Waals surface area contributed by atoms with Gasteiger partial charge in [-0.15, -0.1) is 0 Å². The predicted molar refractivity (Wildman–Crippen MR) is 87.6 cm³/mol. The molecule has 1 aliphatic heterocycles. The minimum atomic E-state index is -0.334. The Bertz CT molecular complexity index is 757. The number of likely N-dealkylation sites (N-methyl/N-ethyl adjacent to an activating group) is 1. The van der Waals surface area contributed by atoms with Crippen molar-refractivity contribution in [1.29, 1.82) is 0 Å². The number of piperidine rings is 1. The summed E-state index contributed by atoms with van der Waals surface area (Å²) in [7, 11) is 1.72. The number of nitrogens with zero attached hydrogens (tertiary/aromatic N) is 1. The van der Waals surface area contributed by atoms with Crippen LogP contribution in [0.4, 0.5) is 4.39 Å². The summed E-state index contributed by atoms with van der Waals surface area (Å²) in [4.78, 5) is 25.3. The predicted octanol–water partition coefficient (Wildman–Crippen LogP) is 2.35. The maximum Gasteiger partial charge on any atom is 0.287 e. The summed E-state index contributed by atoms with van der Waals surface area (Å²) < 4.78 is 23.8. The highest BCUT2D eigenvalue weighted by Crippen LogP contribution is 2.16. The van der Waals surface area contributed by atoms with Crippen LogP contribution in [-0.2, 0) is 11.4 Å². The number of furan rings is 1. The van der Waals surface area contributed by atoms with Crippen molar-refractivity contribution in [2.24, 2.45) is 0 Å². The maximum atomic E-state index is 12.8. The molecule has 1 N–H and O–H groups in total. The molecule has 0 aliphatic carbocycles. The number of rotatable bonds is 5. The largest absolute Gasteiger partial charge is 0.486 e. The van der Waals surface area contributed by atoms with Crippen molar-refractivity contribution in [3.8, 4) is 5.75 Å². The van der Waals surface area contributed by atoms with Crippen LogP contribution >= 0.6 is 0 Å². The Balaban J connectivity index is 1.52. The zero-order chi connectivity index (χ0) is 17.8. The Labute approximate surface area is 144 Å². The Morgan fingerprint density at radius 3 is 2.80 bits per heavy atom. The van der Waals surface area contributed by atoms with Gasteiger partial charge in [-0.2, -0.15) is 0 Å². The number of hydrogen-bond donors (Lipinski definition) is 1. The lowest BCUT2D eigenvalue weighted by atomic mass is 10.1. The highest BCUT2D eigenvalue weighted by Gasteiger charge is 2.25. The molecule has 25 heavy (non-hydrogen) atoms. The number of ether oxygens (including phenoxy) is 1. The topological polar surface area (TPSA) is 71.8 Å². The van der Waals surface area contributed by atoms with E-state index >= 15 is 0 Å². The van der Waals surface area contributed by atoms with E-state index in [1.807, 2.05) is 0 Å². The van der Waals surface area contributed by atoms with Crippen molar-refractivity contribution in [2.75, 3.05) is 13.6 Å². The first kappa shape index (κ1) is 17.0. The summed E-state index contributed by atoms with van der Waals surface area (Å²) in [6.07, 6.45) is 1.05. The van der Waals surface area contributed by atoms with E-state index in [-0.39, 0.29) is 36.0 Å². The van der Waals surface area contributed by atoms with E-state index in [4.69, 9.17) is 9.15 Å². The van der Waals surface area contributed by atoms with Crippen LogP contribution in [-0.4, -0.2) is 36.3 Å². The molecule has 1 saturated heterocycles. The van der Waals surface area contributed by atoms with Gasteiger partial charge in [0.15, 0.2) is 5.76 Å². The molecule has 1 fully saturated rings. The lowest BCUT2D eigenvalue weighted by Crippen LogP contribution is -2.48. The summed E-state index contributed by atoms with van der Waals surface area (Å²) in [6.45, 7) is 0.630. The number of amides is 2. The van der Waals surface area contributed by atoms with Crippen LogP contribution in [0.25, 0.3) is 0 Å². The van der Waals surface area contributed by atoms with Crippen LogP contribution in [0, 0.1) is 5.82 Å².